The van der Waals surface area contributed by atoms with Crippen molar-refractivity contribution in [3.8, 4) is 0 Å². The molecular formula is C23H29ClO5. The summed E-state index contributed by atoms with van der Waals surface area (Å²) in [6, 6.07) is 7.92. The van der Waals surface area contributed by atoms with Gasteiger partial charge in [-0.1, -0.05) is 30.7 Å². The van der Waals surface area contributed by atoms with Crippen LogP contribution in [0.3, 0.4) is 0 Å². The van der Waals surface area contributed by atoms with E-state index in [9.17, 15) is 4.79 Å². The van der Waals surface area contributed by atoms with Crippen molar-refractivity contribution in [3.05, 3.63) is 34.9 Å². The average molecular weight is 421 g/mol. The average Bonchev–Trinajstić information content (AvgIpc) is 2.92. The molecule has 1 aromatic rings. The number of esters is 1. The fourth-order valence-corrected chi connectivity index (χ4v) is 6.24. The van der Waals surface area contributed by atoms with E-state index in [0.717, 1.165) is 50.0 Å². The number of benzene rings is 1. The first-order valence-electron chi connectivity index (χ1n) is 10.9. The maximum atomic E-state index is 13.0. The van der Waals surface area contributed by atoms with Crippen LogP contribution in [0.2, 0.25) is 5.02 Å². The Kier molecular flexibility index (Phi) is 4.93. The third kappa shape index (κ3) is 3.21. The molecule has 0 amide bonds. The lowest BCUT2D eigenvalue weighted by Gasteiger charge is -2.58. The summed E-state index contributed by atoms with van der Waals surface area (Å²) in [5.74, 6) is -0.310. The number of carbonyl (C=O) groups excluding carboxylic acids is 1. The zero-order valence-electron chi connectivity index (χ0n) is 17.1. The summed E-state index contributed by atoms with van der Waals surface area (Å²) in [6.07, 6.45) is 5.71. The van der Waals surface area contributed by atoms with Crippen molar-refractivity contribution >= 4 is 17.6 Å². The van der Waals surface area contributed by atoms with Crippen LogP contribution in [0.15, 0.2) is 24.3 Å². The van der Waals surface area contributed by atoms with E-state index in [1.54, 1.807) is 0 Å². The van der Waals surface area contributed by atoms with Crippen LogP contribution in [0.5, 0.6) is 0 Å². The Morgan fingerprint density at radius 2 is 1.90 bits per heavy atom. The van der Waals surface area contributed by atoms with Crippen LogP contribution in [-0.4, -0.2) is 23.6 Å². The summed E-state index contributed by atoms with van der Waals surface area (Å²) in [4.78, 5) is 24.9. The van der Waals surface area contributed by atoms with E-state index in [1.165, 1.54) is 5.56 Å². The second kappa shape index (κ2) is 7.23. The van der Waals surface area contributed by atoms with Crippen molar-refractivity contribution in [1.82, 2.24) is 0 Å². The molecule has 1 spiro atoms. The van der Waals surface area contributed by atoms with Gasteiger partial charge in [0, 0.05) is 23.3 Å². The predicted octanol–water partition coefficient (Wildman–Crippen LogP) is 5.05. The molecule has 29 heavy (non-hydrogen) atoms. The van der Waals surface area contributed by atoms with Gasteiger partial charge in [0.2, 0.25) is 12.1 Å². The molecule has 5 nitrogen and oxygen atoms in total. The quantitative estimate of drug-likeness (QED) is 0.503. The zero-order valence-corrected chi connectivity index (χ0v) is 17.8. The van der Waals surface area contributed by atoms with Crippen LogP contribution in [0.4, 0.5) is 0 Å². The van der Waals surface area contributed by atoms with Gasteiger partial charge in [-0.05, 0) is 69.1 Å². The van der Waals surface area contributed by atoms with Crippen LogP contribution in [0, 0.1) is 23.7 Å². The Morgan fingerprint density at radius 1 is 1.10 bits per heavy atom. The maximum absolute atomic E-state index is 13.0. The van der Waals surface area contributed by atoms with Crippen molar-refractivity contribution in [2.24, 2.45) is 23.7 Å². The highest BCUT2D eigenvalue weighted by molar-refractivity contribution is 6.30. The number of hydrogen-bond acceptors (Lipinski definition) is 5. The highest BCUT2D eigenvalue weighted by atomic mass is 35.5. The van der Waals surface area contributed by atoms with Gasteiger partial charge in [-0.15, -0.1) is 0 Å². The van der Waals surface area contributed by atoms with Gasteiger partial charge in [0.1, 0.15) is 0 Å². The monoisotopic (exact) mass is 420 g/mol. The highest BCUT2D eigenvalue weighted by Gasteiger charge is 2.70. The number of halogens is 1. The summed E-state index contributed by atoms with van der Waals surface area (Å²) in [7, 11) is 0. The molecule has 4 aliphatic heterocycles. The predicted molar refractivity (Wildman–Crippen MR) is 107 cm³/mol. The summed E-state index contributed by atoms with van der Waals surface area (Å²) >= 11 is 5.98. The molecule has 0 N–H and O–H groups in total. The van der Waals surface area contributed by atoms with Crippen LogP contribution in [0.25, 0.3) is 0 Å². The van der Waals surface area contributed by atoms with E-state index in [4.69, 9.17) is 30.8 Å². The van der Waals surface area contributed by atoms with Crippen molar-refractivity contribution in [1.29, 1.82) is 0 Å². The van der Waals surface area contributed by atoms with E-state index in [1.807, 2.05) is 31.2 Å². The second-order valence-corrected chi connectivity index (χ2v) is 9.91. The van der Waals surface area contributed by atoms with Crippen molar-refractivity contribution in [2.45, 2.75) is 76.5 Å². The molecule has 5 aliphatic rings. The van der Waals surface area contributed by atoms with Gasteiger partial charge in [0.05, 0.1) is 5.92 Å². The van der Waals surface area contributed by atoms with E-state index < -0.39 is 17.7 Å². The third-order valence-corrected chi connectivity index (χ3v) is 7.93. The Balaban J connectivity index is 1.37. The van der Waals surface area contributed by atoms with Crippen LogP contribution in [-0.2, 0) is 30.5 Å². The van der Waals surface area contributed by atoms with E-state index >= 15 is 0 Å². The minimum Gasteiger partial charge on any atom is -0.432 e. The molecule has 0 radical (unpaired) electrons. The first kappa shape index (κ1) is 19.8. The summed E-state index contributed by atoms with van der Waals surface area (Å²) < 4.78 is 12.1. The number of rotatable bonds is 4. The summed E-state index contributed by atoms with van der Waals surface area (Å²) in [5.41, 5.74) is 0.558. The first-order chi connectivity index (χ1) is 13.9. The summed E-state index contributed by atoms with van der Waals surface area (Å²) in [6.45, 7) is 4.16. The lowest BCUT2D eigenvalue weighted by Crippen LogP contribution is -2.70. The van der Waals surface area contributed by atoms with Crippen molar-refractivity contribution in [3.63, 3.8) is 0 Å². The number of hydrogen-bond donors (Lipinski definition) is 0. The molecule has 0 aromatic heterocycles. The van der Waals surface area contributed by atoms with E-state index in [-0.39, 0.29) is 23.7 Å². The molecule has 5 fully saturated rings. The zero-order chi connectivity index (χ0) is 20.2. The molecule has 7 atom stereocenters. The number of ether oxygens (including phenoxy) is 2. The fourth-order valence-electron chi connectivity index (χ4n) is 6.11. The normalized spacial score (nSPS) is 43.4. The molecule has 0 unspecified atom stereocenters. The number of carbonyl (C=O) groups is 1. The molecular weight excluding hydrogens is 392 g/mol. The van der Waals surface area contributed by atoms with Gasteiger partial charge in [-0.2, -0.15) is 0 Å². The lowest BCUT2D eigenvalue weighted by molar-refractivity contribution is -0.559. The largest absolute Gasteiger partial charge is 0.432 e. The Bertz CT molecular complexity index is 782. The van der Waals surface area contributed by atoms with E-state index in [0.29, 0.717) is 5.92 Å². The molecule has 4 heterocycles. The SMILES string of the molecule is C[C@@H]1CC[C@H]2[C@@H](CCCc3ccc(Cl)cc3)C(=O)O[C@@H]3O[C@]4(C)CC[C@@H]1[C@]32OO4. The summed E-state index contributed by atoms with van der Waals surface area (Å²) in [5, 5.41) is 0.743. The molecule has 6 heteroatoms. The van der Waals surface area contributed by atoms with E-state index in [2.05, 4.69) is 6.92 Å². The second-order valence-electron chi connectivity index (χ2n) is 9.47. The lowest BCUT2D eigenvalue weighted by atomic mass is 9.57. The molecule has 158 valence electrons. The first-order valence-corrected chi connectivity index (χ1v) is 11.3. The fraction of sp³-hybridized carbons (Fsp3) is 0.696. The minimum atomic E-state index is -0.834. The van der Waals surface area contributed by atoms with Gasteiger partial charge < -0.3 is 9.47 Å². The van der Waals surface area contributed by atoms with Crippen LogP contribution >= 0.6 is 11.6 Å². The molecule has 1 saturated carbocycles. The van der Waals surface area contributed by atoms with Crippen LogP contribution < -0.4 is 0 Å². The Labute approximate surface area is 176 Å². The highest BCUT2D eigenvalue weighted by Crippen LogP contribution is 2.60. The topological polar surface area (TPSA) is 54.0 Å². The number of aryl methyl sites for hydroxylation is 1. The van der Waals surface area contributed by atoms with Crippen molar-refractivity contribution < 1.29 is 24.0 Å². The van der Waals surface area contributed by atoms with Gasteiger partial charge in [-0.3, -0.25) is 4.79 Å². The molecule has 2 bridgehead atoms. The molecule has 6 rings (SSSR count). The van der Waals surface area contributed by atoms with Crippen molar-refractivity contribution in [2.75, 3.05) is 0 Å². The maximum Gasteiger partial charge on any atom is 0.311 e. The van der Waals surface area contributed by atoms with Gasteiger partial charge >= 0.3 is 5.97 Å². The van der Waals surface area contributed by atoms with Crippen LogP contribution in [0.1, 0.15) is 57.9 Å². The smallest absolute Gasteiger partial charge is 0.311 e. The van der Waals surface area contributed by atoms with Gasteiger partial charge in [-0.25, -0.2) is 9.78 Å². The van der Waals surface area contributed by atoms with Gasteiger partial charge in [0.25, 0.3) is 0 Å². The number of fused-ring (bicyclic) bond motifs is 2. The third-order valence-electron chi connectivity index (χ3n) is 7.68. The minimum absolute atomic E-state index is 0.0721. The standard InChI is InChI=1S/C23H29ClO5/c1-14-6-11-19-17(5-3-4-15-7-9-16(24)10-8-15)20(25)26-21-23(19)18(14)12-13-22(2,27-21)28-29-23/h7-10,14,17-19,21H,3-6,11-13H2,1-2H3/t14-,17-,18+,19+,21-,22+,23-/m1/s1. The molecule has 4 saturated heterocycles. The molecule has 1 aromatic carbocycles. The molecule has 1 aliphatic carbocycles. The van der Waals surface area contributed by atoms with Gasteiger partial charge in [0.15, 0.2) is 5.60 Å². The Morgan fingerprint density at radius 3 is 2.69 bits per heavy atom. The Hall–Kier alpha value is -1.14.